The average Bonchev–Trinajstić information content (AvgIpc) is 3.53. The Morgan fingerprint density at radius 1 is 1.12 bits per heavy atom. The van der Waals surface area contributed by atoms with Crippen molar-refractivity contribution in [3.05, 3.63) is 57.6 Å². The van der Waals surface area contributed by atoms with Gasteiger partial charge in [0.15, 0.2) is 0 Å². The first-order valence-corrected chi connectivity index (χ1v) is 10.6. The van der Waals surface area contributed by atoms with Crippen molar-refractivity contribution in [2.45, 2.75) is 51.4 Å². The van der Waals surface area contributed by atoms with Crippen LogP contribution in [-0.4, -0.2) is 23.5 Å². The van der Waals surface area contributed by atoms with E-state index in [0.29, 0.717) is 23.2 Å². The summed E-state index contributed by atoms with van der Waals surface area (Å²) in [6.07, 6.45) is -7.63. The average molecular weight is 496 g/mol. The van der Waals surface area contributed by atoms with Crippen molar-refractivity contribution in [1.29, 1.82) is 0 Å². The second-order valence-corrected chi connectivity index (χ2v) is 8.35. The molecule has 0 aliphatic heterocycles. The number of aromatic nitrogens is 1. The number of hydrogen-bond acceptors (Lipinski definition) is 2. The zero-order valence-corrected chi connectivity index (χ0v) is 18.3. The molecule has 1 N–H and O–H groups in total. The van der Waals surface area contributed by atoms with E-state index in [0.717, 1.165) is 18.9 Å². The van der Waals surface area contributed by atoms with Crippen molar-refractivity contribution in [3.8, 4) is 0 Å². The topological polar surface area (TPSA) is 37.3 Å². The highest BCUT2D eigenvalue weighted by Gasteiger charge is 2.32. The van der Waals surface area contributed by atoms with Gasteiger partial charge in [-0.1, -0.05) is 11.6 Å². The van der Waals surface area contributed by atoms with Gasteiger partial charge in [0.1, 0.15) is 11.7 Å². The molecule has 1 aromatic heterocycles. The minimum atomic E-state index is -4.55. The molecule has 0 spiro atoms. The first kappa shape index (κ1) is 25.3. The number of halogens is 8. The number of aliphatic imine (C=N–C) groups is 1. The summed E-state index contributed by atoms with van der Waals surface area (Å²) in [6.45, 7) is 1.70. The summed E-state index contributed by atoms with van der Waals surface area (Å²) in [6, 6.07) is 3.35. The molecule has 0 unspecified atom stereocenters. The van der Waals surface area contributed by atoms with Crippen LogP contribution in [0.4, 0.5) is 36.4 Å². The van der Waals surface area contributed by atoms with Gasteiger partial charge in [0, 0.05) is 31.5 Å². The van der Waals surface area contributed by atoms with E-state index in [1.165, 1.54) is 12.1 Å². The molecule has 0 bridgehead atoms. The Morgan fingerprint density at radius 3 is 2.39 bits per heavy atom. The molecule has 11 heteroatoms. The molecular formula is C22H21ClF7N3. The van der Waals surface area contributed by atoms with Crippen molar-refractivity contribution in [2.24, 2.45) is 10.9 Å². The van der Waals surface area contributed by atoms with Crippen LogP contribution >= 0.6 is 11.6 Å². The third-order valence-electron chi connectivity index (χ3n) is 5.21. The Morgan fingerprint density at radius 2 is 1.82 bits per heavy atom. The van der Waals surface area contributed by atoms with Gasteiger partial charge in [-0.05, 0) is 55.5 Å². The number of benzene rings is 1. The molecule has 3 rings (SSSR count). The lowest BCUT2D eigenvalue weighted by atomic mass is 10.0. The number of amidine groups is 1. The van der Waals surface area contributed by atoms with Crippen LogP contribution in [0.2, 0.25) is 5.02 Å². The first-order chi connectivity index (χ1) is 15.3. The summed E-state index contributed by atoms with van der Waals surface area (Å²) < 4.78 is 90.4. The molecule has 33 heavy (non-hydrogen) atoms. The largest absolute Gasteiger partial charge is 0.417 e. The van der Waals surface area contributed by atoms with Crippen LogP contribution in [0.3, 0.4) is 0 Å². The van der Waals surface area contributed by atoms with Gasteiger partial charge in [-0.25, -0.2) is 4.39 Å². The van der Waals surface area contributed by atoms with Crippen LogP contribution in [0.1, 0.15) is 41.6 Å². The minimum absolute atomic E-state index is 0.0362. The van der Waals surface area contributed by atoms with Crippen molar-refractivity contribution in [1.82, 2.24) is 4.98 Å². The van der Waals surface area contributed by atoms with Crippen LogP contribution < -0.4 is 5.32 Å². The molecular weight excluding hydrogens is 475 g/mol. The number of nitrogens with one attached hydrogen (secondary N) is 1. The summed E-state index contributed by atoms with van der Waals surface area (Å²) in [5.41, 5.74) is 0.146. The highest BCUT2D eigenvalue weighted by molar-refractivity contribution is 6.31. The van der Waals surface area contributed by atoms with E-state index in [9.17, 15) is 30.7 Å². The van der Waals surface area contributed by atoms with E-state index in [1.807, 2.05) is 0 Å². The van der Waals surface area contributed by atoms with Crippen LogP contribution in [0.25, 0.3) is 0 Å². The summed E-state index contributed by atoms with van der Waals surface area (Å²) in [5.74, 6) is -0.0769. The summed E-state index contributed by atoms with van der Waals surface area (Å²) in [5, 5.41) is 2.77. The molecule has 1 heterocycles. The van der Waals surface area contributed by atoms with Gasteiger partial charge < -0.3 is 5.32 Å². The molecule has 3 nitrogen and oxygen atoms in total. The second kappa shape index (κ2) is 9.87. The molecule has 1 aliphatic carbocycles. The lowest BCUT2D eigenvalue weighted by Crippen LogP contribution is -2.17. The number of pyridine rings is 1. The predicted molar refractivity (Wildman–Crippen MR) is 112 cm³/mol. The molecule has 1 aliphatic rings. The quantitative estimate of drug-likeness (QED) is 0.251. The number of anilines is 1. The van der Waals surface area contributed by atoms with E-state index in [-0.39, 0.29) is 41.7 Å². The summed E-state index contributed by atoms with van der Waals surface area (Å²) in [4.78, 5) is 8.17. The number of hydrogen-bond donors (Lipinski definition) is 1. The number of nitrogens with zero attached hydrogens (tertiary/aromatic N) is 2. The van der Waals surface area contributed by atoms with E-state index in [4.69, 9.17) is 11.6 Å². The molecule has 2 aromatic rings. The van der Waals surface area contributed by atoms with Gasteiger partial charge in [0.05, 0.1) is 22.0 Å². The van der Waals surface area contributed by atoms with E-state index < -0.39 is 30.2 Å². The predicted octanol–water partition coefficient (Wildman–Crippen LogP) is 7.16. The van der Waals surface area contributed by atoms with Crippen LogP contribution in [0.5, 0.6) is 0 Å². The fourth-order valence-corrected chi connectivity index (χ4v) is 3.47. The van der Waals surface area contributed by atoms with E-state index in [2.05, 4.69) is 15.3 Å². The third-order valence-corrected chi connectivity index (χ3v) is 5.53. The normalized spacial score (nSPS) is 15.1. The Balaban J connectivity index is 1.71. The zero-order valence-electron chi connectivity index (χ0n) is 17.5. The van der Waals surface area contributed by atoms with Crippen molar-refractivity contribution in [2.75, 3.05) is 11.9 Å². The minimum Gasteiger partial charge on any atom is -0.341 e. The number of rotatable bonds is 7. The molecule has 0 saturated heterocycles. The maximum atomic E-state index is 14.5. The first-order valence-electron chi connectivity index (χ1n) is 10.2. The van der Waals surface area contributed by atoms with E-state index in [1.54, 1.807) is 6.92 Å². The van der Waals surface area contributed by atoms with Crippen LogP contribution in [0, 0.1) is 18.7 Å². The van der Waals surface area contributed by atoms with Crippen molar-refractivity contribution < 1.29 is 30.7 Å². The van der Waals surface area contributed by atoms with Crippen molar-refractivity contribution in [3.63, 3.8) is 0 Å². The van der Waals surface area contributed by atoms with Gasteiger partial charge in [0.2, 0.25) is 0 Å². The fourth-order valence-electron chi connectivity index (χ4n) is 3.21. The zero-order chi connectivity index (χ0) is 24.4. The maximum Gasteiger partial charge on any atom is 0.417 e. The molecule has 1 saturated carbocycles. The third kappa shape index (κ3) is 7.31. The lowest BCUT2D eigenvalue weighted by Gasteiger charge is -2.15. The van der Waals surface area contributed by atoms with Crippen molar-refractivity contribution >= 4 is 23.1 Å². The highest BCUT2D eigenvalue weighted by atomic mass is 35.5. The van der Waals surface area contributed by atoms with Gasteiger partial charge >= 0.3 is 12.4 Å². The Kier molecular flexibility index (Phi) is 7.55. The molecule has 0 radical (unpaired) electrons. The van der Waals surface area contributed by atoms with Gasteiger partial charge in [-0.3, -0.25) is 9.98 Å². The summed E-state index contributed by atoms with van der Waals surface area (Å²) in [7, 11) is 0. The van der Waals surface area contributed by atoms with Gasteiger partial charge in [0.25, 0.3) is 0 Å². The molecule has 0 amide bonds. The van der Waals surface area contributed by atoms with Crippen LogP contribution in [0.15, 0.2) is 29.4 Å². The van der Waals surface area contributed by atoms with Crippen LogP contribution in [-0.2, 0) is 19.0 Å². The SMILES string of the molecule is Cc1cc(F)c(NC(=NCCc2ncc(C(F)(F)F)cc2Cl)C2CC2)cc1CCC(F)(F)F. The van der Waals surface area contributed by atoms with Gasteiger partial charge in [-0.2, -0.15) is 26.3 Å². The molecule has 0 atom stereocenters. The monoisotopic (exact) mass is 495 g/mol. The number of aryl methyl sites for hydroxylation is 2. The maximum absolute atomic E-state index is 14.5. The fraction of sp³-hybridized carbons (Fsp3) is 0.455. The second-order valence-electron chi connectivity index (χ2n) is 7.94. The Labute approximate surface area is 191 Å². The van der Waals surface area contributed by atoms with Gasteiger partial charge in [-0.15, -0.1) is 0 Å². The smallest absolute Gasteiger partial charge is 0.341 e. The number of alkyl halides is 6. The Hall–Kier alpha value is -2.36. The molecule has 180 valence electrons. The lowest BCUT2D eigenvalue weighted by molar-refractivity contribution is -0.138. The molecule has 1 fully saturated rings. The Bertz CT molecular complexity index is 1030. The standard InChI is InChI=1S/C22H21ClF7N3/c1-12-8-17(24)19(9-14(12)4-6-21(25,26)27)33-20(13-2-3-13)31-7-5-18-16(23)10-15(11-32-18)22(28,29)30/h8-11,13H,2-7H2,1H3,(H,31,33). The highest BCUT2D eigenvalue weighted by Crippen LogP contribution is 2.33. The van der Waals surface area contributed by atoms with E-state index >= 15 is 0 Å². The molecule has 1 aromatic carbocycles. The summed E-state index contributed by atoms with van der Waals surface area (Å²) >= 11 is 5.91.